The van der Waals surface area contributed by atoms with Crippen molar-refractivity contribution in [2.75, 3.05) is 0 Å². The predicted molar refractivity (Wildman–Crippen MR) is 62.1 cm³/mol. The van der Waals surface area contributed by atoms with Gasteiger partial charge in [0.05, 0.1) is 0 Å². The Bertz CT molecular complexity index is 368. The van der Waals surface area contributed by atoms with Crippen molar-refractivity contribution in [1.29, 1.82) is 0 Å². The van der Waals surface area contributed by atoms with Gasteiger partial charge in [0.15, 0.2) is 0 Å². The highest BCUT2D eigenvalue weighted by atomic mass is 16.1. The molecule has 1 aromatic heterocycles. The first-order chi connectivity index (χ1) is 7.04. The van der Waals surface area contributed by atoms with Gasteiger partial charge in [0, 0.05) is 11.9 Å². The van der Waals surface area contributed by atoms with Crippen LogP contribution in [-0.4, -0.2) is 9.97 Å². The molecule has 0 unspecified atom stereocenters. The highest BCUT2D eigenvalue weighted by Crippen LogP contribution is 2.13. The smallest absolute Gasteiger partial charge is 0.269 e. The zero-order chi connectivity index (χ0) is 11.4. The number of nitrogens with one attached hydrogen (secondary N) is 1. The van der Waals surface area contributed by atoms with Crippen LogP contribution in [0.1, 0.15) is 51.4 Å². The second-order valence-electron chi connectivity index (χ2n) is 4.52. The predicted octanol–water partition coefficient (Wildman–Crippen LogP) is 2.48. The fraction of sp³-hybridized carbons (Fsp3) is 0.667. The lowest BCUT2D eigenvalue weighted by molar-refractivity contribution is 0.621. The molecule has 1 rings (SSSR count). The van der Waals surface area contributed by atoms with Gasteiger partial charge < -0.3 is 4.98 Å². The summed E-state index contributed by atoms with van der Waals surface area (Å²) >= 11 is 0. The Morgan fingerprint density at radius 2 is 2.07 bits per heavy atom. The van der Waals surface area contributed by atoms with Gasteiger partial charge in [0.25, 0.3) is 5.56 Å². The van der Waals surface area contributed by atoms with Gasteiger partial charge in [0.1, 0.15) is 5.69 Å². The quantitative estimate of drug-likeness (QED) is 0.826. The van der Waals surface area contributed by atoms with Gasteiger partial charge >= 0.3 is 0 Å². The topological polar surface area (TPSA) is 45.8 Å². The molecule has 0 radical (unpaired) electrons. The van der Waals surface area contributed by atoms with Crippen molar-refractivity contribution in [3.05, 3.63) is 27.9 Å². The van der Waals surface area contributed by atoms with Crippen LogP contribution in [0, 0.1) is 5.92 Å². The van der Waals surface area contributed by atoms with Gasteiger partial charge in [-0.05, 0) is 24.7 Å². The van der Waals surface area contributed by atoms with Gasteiger partial charge in [-0.2, -0.15) is 0 Å². The Balaban J connectivity index is 2.93. The molecule has 3 nitrogen and oxygen atoms in total. The molecule has 15 heavy (non-hydrogen) atoms. The molecule has 0 bridgehead atoms. The second-order valence-corrected chi connectivity index (χ2v) is 4.52. The number of aromatic amines is 1. The van der Waals surface area contributed by atoms with Gasteiger partial charge in [-0.25, -0.2) is 0 Å². The van der Waals surface area contributed by atoms with Crippen LogP contribution in [0.5, 0.6) is 0 Å². The normalized spacial score (nSPS) is 13.1. The summed E-state index contributed by atoms with van der Waals surface area (Å²) in [4.78, 5) is 18.8. The first-order valence-electron chi connectivity index (χ1n) is 5.62. The third kappa shape index (κ3) is 3.18. The van der Waals surface area contributed by atoms with E-state index in [0.717, 1.165) is 18.5 Å². The van der Waals surface area contributed by atoms with Crippen LogP contribution in [0.15, 0.2) is 11.0 Å². The van der Waals surface area contributed by atoms with E-state index in [1.807, 2.05) is 0 Å². The summed E-state index contributed by atoms with van der Waals surface area (Å²) in [5.74, 6) is 0.839. The maximum Gasteiger partial charge on any atom is 0.269 e. The Labute approximate surface area is 91.0 Å². The highest BCUT2D eigenvalue weighted by Gasteiger charge is 2.08. The van der Waals surface area contributed by atoms with Gasteiger partial charge in [0.2, 0.25) is 0 Å². The maximum absolute atomic E-state index is 11.7. The summed E-state index contributed by atoms with van der Waals surface area (Å²) in [6.45, 7) is 8.37. The number of hydrogen-bond donors (Lipinski definition) is 1. The average Bonchev–Trinajstić information content (AvgIpc) is 2.19. The lowest BCUT2D eigenvalue weighted by Crippen LogP contribution is -2.19. The standard InChI is InChI=1S/C12H20N2O/c1-5-9(4)11-7-13-10(6-8(2)3)12(15)14-11/h7-9H,5-6H2,1-4H3,(H,14,15)/t9-/m0/s1. The molecule has 0 amide bonds. The summed E-state index contributed by atoms with van der Waals surface area (Å²) in [7, 11) is 0. The second kappa shape index (κ2) is 5.10. The fourth-order valence-corrected chi connectivity index (χ4v) is 1.44. The summed E-state index contributed by atoms with van der Waals surface area (Å²) in [6, 6.07) is 0. The molecule has 84 valence electrons. The SMILES string of the molecule is CC[C@H](C)c1cnc(CC(C)C)c(=O)[nH]1. The van der Waals surface area contributed by atoms with Crippen molar-refractivity contribution in [3.63, 3.8) is 0 Å². The first kappa shape index (κ1) is 12.0. The highest BCUT2D eigenvalue weighted by molar-refractivity contribution is 5.07. The number of aromatic nitrogens is 2. The van der Waals surface area contributed by atoms with Crippen molar-refractivity contribution < 1.29 is 0 Å². The Hall–Kier alpha value is -1.12. The lowest BCUT2D eigenvalue weighted by atomic mass is 10.1. The monoisotopic (exact) mass is 208 g/mol. The molecule has 1 aromatic rings. The van der Waals surface area contributed by atoms with Crippen LogP contribution in [-0.2, 0) is 6.42 Å². The summed E-state index contributed by atoms with van der Waals surface area (Å²) < 4.78 is 0. The van der Waals surface area contributed by atoms with Crippen molar-refractivity contribution in [2.45, 2.75) is 46.5 Å². The molecule has 0 aromatic carbocycles. The third-order valence-electron chi connectivity index (χ3n) is 2.62. The molecule has 0 aliphatic carbocycles. The van der Waals surface area contributed by atoms with Crippen LogP contribution in [0.25, 0.3) is 0 Å². The van der Waals surface area contributed by atoms with E-state index in [2.05, 4.69) is 37.7 Å². The van der Waals surface area contributed by atoms with Gasteiger partial charge in [-0.3, -0.25) is 9.78 Å². The van der Waals surface area contributed by atoms with Gasteiger partial charge in [-0.15, -0.1) is 0 Å². The van der Waals surface area contributed by atoms with E-state index >= 15 is 0 Å². The number of rotatable bonds is 4. The fourth-order valence-electron chi connectivity index (χ4n) is 1.44. The zero-order valence-electron chi connectivity index (χ0n) is 10.0. The molecule has 0 spiro atoms. The van der Waals surface area contributed by atoms with Crippen LogP contribution in [0.2, 0.25) is 0 Å². The summed E-state index contributed by atoms with van der Waals surface area (Å²) in [5, 5.41) is 0. The van der Waals surface area contributed by atoms with E-state index in [1.54, 1.807) is 6.20 Å². The van der Waals surface area contributed by atoms with E-state index < -0.39 is 0 Å². The minimum atomic E-state index is -0.0264. The van der Waals surface area contributed by atoms with E-state index in [4.69, 9.17) is 0 Å². The van der Waals surface area contributed by atoms with Crippen LogP contribution in [0.3, 0.4) is 0 Å². The molecular weight excluding hydrogens is 188 g/mol. The molecule has 0 saturated carbocycles. The molecule has 0 saturated heterocycles. The van der Waals surface area contributed by atoms with Gasteiger partial charge in [-0.1, -0.05) is 27.7 Å². The van der Waals surface area contributed by atoms with Crippen LogP contribution < -0.4 is 5.56 Å². The Morgan fingerprint density at radius 1 is 1.40 bits per heavy atom. The molecule has 0 aliphatic heterocycles. The molecule has 0 aliphatic rings. The Morgan fingerprint density at radius 3 is 2.53 bits per heavy atom. The summed E-state index contributed by atoms with van der Waals surface area (Å²) in [6.07, 6.45) is 3.56. The average molecular weight is 208 g/mol. The van der Waals surface area contributed by atoms with E-state index in [9.17, 15) is 4.79 Å². The van der Waals surface area contributed by atoms with Crippen LogP contribution in [0.4, 0.5) is 0 Å². The zero-order valence-corrected chi connectivity index (χ0v) is 10.0. The lowest BCUT2D eigenvalue weighted by Gasteiger charge is -2.09. The molecule has 0 fully saturated rings. The minimum Gasteiger partial charge on any atom is -0.323 e. The van der Waals surface area contributed by atoms with Crippen molar-refractivity contribution in [2.24, 2.45) is 5.92 Å². The van der Waals surface area contributed by atoms with Crippen molar-refractivity contribution in [1.82, 2.24) is 9.97 Å². The first-order valence-corrected chi connectivity index (χ1v) is 5.62. The number of H-pyrrole nitrogens is 1. The summed E-state index contributed by atoms with van der Waals surface area (Å²) in [5.41, 5.74) is 1.56. The van der Waals surface area contributed by atoms with E-state index in [1.165, 1.54) is 0 Å². The molecular formula is C12H20N2O. The minimum absolute atomic E-state index is 0.0264. The maximum atomic E-state index is 11.7. The number of nitrogens with zero attached hydrogens (tertiary/aromatic N) is 1. The largest absolute Gasteiger partial charge is 0.323 e. The van der Waals surface area contributed by atoms with Crippen molar-refractivity contribution >= 4 is 0 Å². The molecule has 1 atom stereocenters. The molecule has 1 N–H and O–H groups in total. The third-order valence-corrected chi connectivity index (χ3v) is 2.62. The van der Waals surface area contributed by atoms with Crippen LogP contribution >= 0.6 is 0 Å². The molecule has 3 heteroatoms. The van der Waals surface area contributed by atoms with E-state index in [0.29, 0.717) is 17.5 Å². The Kier molecular flexibility index (Phi) is 4.06. The number of hydrogen-bond acceptors (Lipinski definition) is 2. The molecule has 1 heterocycles. The van der Waals surface area contributed by atoms with E-state index in [-0.39, 0.29) is 5.56 Å². The van der Waals surface area contributed by atoms with Crippen molar-refractivity contribution in [3.8, 4) is 0 Å².